The molecule has 0 radical (unpaired) electrons. The fraction of sp³-hybridized carbons (Fsp3) is 0.467. The topological polar surface area (TPSA) is 28.3 Å². The Morgan fingerprint density at radius 2 is 2.00 bits per heavy atom. The van der Waals surface area contributed by atoms with Crippen molar-refractivity contribution in [2.45, 2.75) is 19.3 Å². The van der Waals surface area contributed by atoms with Crippen molar-refractivity contribution in [1.29, 1.82) is 0 Å². The van der Waals surface area contributed by atoms with Gasteiger partial charge in [-0.3, -0.25) is 4.90 Å². The van der Waals surface area contributed by atoms with E-state index < -0.39 is 0 Å². The average molecular weight is 244 g/mol. The molecule has 0 aliphatic carbocycles. The van der Waals surface area contributed by atoms with Gasteiger partial charge in [-0.25, -0.2) is 0 Å². The smallest absolute Gasteiger partial charge is 0.120 e. The lowest BCUT2D eigenvalue weighted by Gasteiger charge is -2.26. The van der Waals surface area contributed by atoms with Crippen LogP contribution in [0.4, 0.5) is 0 Å². The number of likely N-dealkylation sites (tertiary alicyclic amines) is 1. The highest BCUT2D eigenvalue weighted by atomic mass is 16.5. The van der Waals surface area contributed by atoms with E-state index in [1.807, 2.05) is 12.3 Å². The van der Waals surface area contributed by atoms with Gasteiger partial charge >= 0.3 is 0 Å². The zero-order chi connectivity index (χ0) is 12.2. The predicted octanol–water partition coefficient (Wildman–Crippen LogP) is 3.03. The maximum absolute atomic E-state index is 5.83. The minimum absolute atomic E-state index is 0.788. The summed E-state index contributed by atoms with van der Waals surface area (Å²) in [6.07, 6.45) is 6.04. The average Bonchev–Trinajstić information content (AvgIpc) is 2.87. The Labute approximate surface area is 108 Å². The lowest BCUT2D eigenvalue weighted by Crippen LogP contribution is -2.33. The second kappa shape index (κ2) is 5.44. The molecule has 0 unspecified atom stereocenters. The second-order valence-corrected chi connectivity index (χ2v) is 4.98. The first-order valence-electron chi connectivity index (χ1n) is 6.84. The molecule has 2 heterocycles. The number of nitrogens with zero attached hydrogens (tertiary/aromatic N) is 1. The van der Waals surface area contributed by atoms with Crippen LogP contribution in [0.3, 0.4) is 0 Å². The molecular weight excluding hydrogens is 224 g/mol. The van der Waals surface area contributed by atoms with Crippen molar-refractivity contribution < 1.29 is 4.74 Å². The van der Waals surface area contributed by atoms with E-state index >= 15 is 0 Å². The van der Waals surface area contributed by atoms with Crippen molar-refractivity contribution in [2.24, 2.45) is 0 Å². The molecule has 96 valence electrons. The lowest BCUT2D eigenvalue weighted by atomic mass is 10.1. The van der Waals surface area contributed by atoms with Gasteiger partial charge in [0.05, 0.1) is 0 Å². The SMILES string of the molecule is c1cc2cc(OCCN3CCCCC3)ccc2[nH]1. The van der Waals surface area contributed by atoms with Gasteiger partial charge in [-0.05, 0) is 50.2 Å². The van der Waals surface area contributed by atoms with Gasteiger partial charge < -0.3 is 9.72 Å². The van der Waals surface area contributed by atoms with Crippen molar-refractivity contribution in [3.05, 3.63) is 30.5 Å². The molecule has 1 aliphatic rings. The number of ether oxygens (including phenoxy) is 1. The summed E-state index contributed by atoms with van der Waals surface area (Å²) < 4.78 is 5.83. The molecule has 0 amide bonds. The zero-order valence-electron chi connectivity index (χ0n) is 10.7. The Kier molecular flexibility index (Phi) is 3.51. The fourth-order valence-corrected chi connectivity index (χ4v) is 2.60. The van der Waals surface area contributed by atoms with Crippen LogP contribution in [0, 0.1) is 0 Å². The third kappa shape index (κ3) is 2.67. The van der Waals surface area contributed by atoms with Crippen molar-refractivity contribution >= 4 is 10.9 Å². The van der Waals surface area contributed by atoms with Crippen LogP contribution in [0.5, 0.6) is 5.75 Å². The number of nitrogens with one attached hydrogen (secondary N) is 1. The van der Waals surface area contributed by atoms with E-state index in [9.17, 15) is 0 Å². The number of hydrogen-bond donors (Lipinski definition) is 1. The summed E-state index contributed by atoms with van der Waals surface area (Å²) in [5, 5.41) is 1.21. The summed E-state index contributed by atoms with van der Waals surface area (Å²) in [4.78, 5) is 5.69. The monoisotopic (exact) mass is 244 g/mol. The van der Waals surface area contributed by atoms with Gasteiger partial charge in [0.1, 0.15) is 12.4 Å². The number of aromatic nitrogens is 1. The Morgan fingerprint density at radius 3 is 2.89 bits per heavy atom. The maximum Gasteiger partial charge on any atom is 0.120 e. The number of aromatic amines is 1. The molecule has 1 saturated heterocycles. The van der Waals surface area contributed by atoms with Crippen LogP contribution < -0.4 is 4.74 Å². The first-order chi connectivity index (χ1) is 8.92. The molecule has 3 heteroatoms. The standard InChI is InChI=1S/C15H20N2O/c1-2-8-17(9-3-1)10-11-18-14-4-5-15-13(12-14)6-7-16-15/h4-7,12,16H,1-3,8-11H2. The summed E-state index contributed by atoms with van der Waals surface area (Å²) in [6.45, 7) is 4.31. The van der Waals surface area contributed by atoms with E-state index in [2.05, 4.69) is 28.1 Å². The van der Waals surface area contributed by atoms with Gasteiger partial charge in [0, 0.05) is 23.6 Å². The normalized spacial score (nSPS) is 17.1. The van der Waals surface area contributed by atoms with Gasteiger partial charge in [-0.2, -0.15) is 0 Å². The molecule has 0 bridgehead atoms. The number of piperidine rings is 1. The van der Waals surface area contributed by atoms with Gasteiger partial charge in [0.25, 0.3) is 0 Å². The van der Waals surface area contributed by atoms with Crippen LogP contribution in [0.1, 0.15) is 19.3 Å². The molecule has 18 heavy (non-hydrogen) atoms. The Morgan fingerprint density at radius 1 is 1.11 bits per heavy atom. The van der Waals surface area contributed by atoms with Crippen molar-refractivity contribution in [1.82, 2.24) is 9.88 Å². The number of hydrogen-bond acceptors (Lipinski definition) is 2. The zero-order valence-corrected chi connectivity index (χ0v) is 10.7. The maximum atomic E-state index is 5.83. The largest absolute Gasteiger partial charge is 0.492 e. The number of H-pyrrole nitrogens is 1. The highest BCUT2D eigenvalue weighted by Crippen LogP contribution is 2.19. The molecule has 3 rings (SSSR count). The van der Waals surface area contributed by atoms with Gasteiger partial charge in [0.15, 0.2) is 0 Å². The Bertz CT molecular complexity index is 500. The van der Waals surface area contributed by atoms with Gasteiger partial charge in [0.2, 0.25) is 0 Å². The Hall–Kier alpha value is -1.48. The lowest BCUT2D eigenvalue weighted by molar-refractivity contribution is 0.183. The first-order valence-corrected chi connectivity index (χ1v) is 6.84. The summed E-state index contributed by atoms with van der Waals surface area (Å²) >= 11 is 0. The molecule has 1 aliphatic heterocycles. The van der Waals surface area contributed by atoms with Crippen LogP contribution in [0.25, 0.3) is 10.9 Å². The van der Waals surface area contributed by atoms with Crippen LogP contribution in [-0.2, 0) is 0 Å². The van der Waals surface area contributed by atoms with Crippen molar-refractivity contribution in [3.63, 3.8) is 0 Å². The number of fused-ring (bicyclic) bond motifs is 1. The Balaban J connectivity index is 1.52. The summed E-state index contributed by atoms with van der Waals surface area (Å²) in [7, 11) is 0. The minimum Gasteiger partial charge on any atom is -0.492 e. The molecule has 0 saturated carbocycles. The van der Waals surface area contributed by atoms with E-state index in [1.54, 1.807) is 0 Å². The molecule has 0 spiro atoms. The molecule has 1 aromatic heterocycles. The van der Waals surface area contributed by atoms with E-state index in [-0.39, 0.29) is 0 Å². The minimum atomic E-state index is 0.788. The molecule has 2 aromatic rings. The predicted molar refractivity (Wildman–Crippen MR) is 74.1 cm³/mol. The van der Waals surface area contributed by atoms with Crippen molar-refractivity contribution in [3.8, 4) is 5.75 Å². The first kappa shape index (κ1) is 11.6. The van der Waals surface area contributed by atoms with E-state index in [1.165, 1.54) is 43.3 Å². The number of rotatable bonds is 4. The summed E-state index contributed by atoms with van der Waals surface area (Å²) in [5.41, 5.74) is 1.17. The highest BCUT2D eigenvalue weighted by Gasteiger charge is 2.09. The van der Waals surface area contributed by atoms with Crippen LogP contribution in [0.15, 0.2) is 30.5 Å². The molecule has 1 fully saturated rings. The molecule has 1 aromatic carbocycles. The highest BCUT2D eigenvalue weighted by molar-refractivity contribution is 5.80. The second-order valence-electron chi connectivity index (χ2n) is 4.98. The fourth-order valence-electron chi connectivity index (χ4n) is 2.60. The van der Waals surface area contributed by atoms with E-state index in [0.717, 1.165) is 18.9 Å². The molecule has 1 N–H and O–H groups in total. The molecule has 3 nitrogen and oxygen atoms in total. The molecule has 0 atom stereocenters. The van der Waals surface area contributed by atoms with Crippen molar-refractivity contribution in [2.75, 3.05) is 26.2 Å². The van der Waals surface area contributed by atoms with Crippen LogP contribution in [-0.4, -0.2) is 36.1 Å². The van der Waals surface area contributed by atoms with E-state index in [0.29, 0.717) is 0 Å². The van der Waals surface area contributed by atoms with Crippen LogP contribution >= 0.6 is 0 Å². The van der Waals surface area contributed by atoms with Gasteiger partial charge in [-0.15, -0.1) is 0 Å². The molecular formula is C15H20N2O. The van der Waals surface area contributed by atoms with Gasteiger partial charge in [-0.1, -0.05) is 6.42 Å². The number of benzene rings is 1. The van der Waals surface area contributed by atoms with Crippen LogP contribution in [0.2, 0.25) is 0 Å². The van der Waals surface area contributed by atoms with E-state index in [4.69, 9.17) is 4.74 Å². The quantitative estimate of drug-likeness (QED) is 0.895. The summed E-state index contributed by atoms with van der Waals surface area (Å²) in [6, 6.07) is 8.29. The third-order valence-electron chi connectivity index (χ3n) is 3.65. The summed E-state index contributed by atoms with van der Waals surface area (Å²) in [5.74, 6) is 0.971. The third-order valence-corrected chi connectivity index (χ3v) is 3.65.